The van der Waals surface area contributed by atoms with Crippen LogP contribution in [0.15, 0.2) is 66.4 Å². The summed E-state index contributed by atoms with van der Waals surface area (Å²) in [7, 11) is 0. The van der Waals surface area contributed by atoms with E-state index in [-0.39, 0.29) is 6.54 Å². The molecular weight excluding hydrogens is 534 g/mol. The Kier molecular flexibility index (Phi) is 7.97. The van der Waals surface area contributed by atoms with Crippen molar-refractivity contribution in [2.75, 3.05) is 24.5 Å². The van der Waals surface area contributed by atoms with Crippen LogP contribution in [-0.2, 0) is 4.79 Å². The second kappa shape index (κ2) is 10.8. The Bertz CT molecular complexity index is 1230. The molecule has 0 saturated carbocycles. The minimum absolute atomic E-state index is 0.199. The van der Waals surface area contributed by atoms with Crippen molar-refractivity contribution in [1.82, 2.24) is 15.2 Å². The van der Waals surface area contributed by atoms with Crippen LogP contribution < -0.4 is 10.2 Å². The molecule has 1 aromatic heterocycles. The molecule has 5 nitrogen and oxygen atoms in total. The van der Waals surface area contributed by atoms with Crippen molar-refractivity contribution >= 4 is 92.7 Å². The molecule has 1 fully saturated rings. The molecule has 0 radical (unpaired) electrons. The molecule has 1 aliphatic heterocycles. The molecule has 2 aromatic carbocycles. The number of benzene rings is 2. The number of pyridine rings is 1. The summed E-state index contributed by atoms with van der Waals surface area (Å²) in [6.07, 6.45) is 3.43. The van der Waals surface area contributed by atoms with Crippen LogP contribution in [0.25, 0.3) is 17.0 Å². The zero-order valence-corrected chi connectivity index (χ0v) is 21.6. The third-order valence-corrected chi connectivity index (χ3v) is 6.69. The Morgan fingerprint density at radius 3 is 2.62 bits per heavy atom. The number of hydrogen-bond acceptors (Lipinski definition) is 4. The van der Waals surface area contributed by atoms with Crippen molar-refractivity contribution in [2.45, 2.75) is 9.96 Å². The molecule has 0 bridgehead atoms. The first-order chi connectivity index (χ1) is 16.3. The number of para-hydroxylation sites is 1. The Hall–Kier alpha value is -1.93. The first-order valence-electron chi connectivity index (χ1n) is 10.4. The van der Waals surface area contributed by atoms with E-state index < -0.39 is 9.96 Å². The minimum Gasteiger partial charge on any atom is -0.327 e. The van der Waals surface area contributed by atoms with Crippen LogP contribution in [0.4, 0.5) is 5.69 Å². The molecule has 1 unspecified atom stereocenters. The second-order valence-electron chi connectivity index (χ2n) is 7.70. The van der Waals surface area contributed by atoms with Crippen LogP contribution in [0.2, 0.25) is 5.02 Å². The molecule has 176 valence electrons. The first-order valence-corrected chi connectivity index (χ1v) is 12.3. The number of fused-ring (bicyclic) bond motifs is 1. The third kappa shape index (κ3) is 5.65. The lowest BCUT2D eigenvalue weighted by Gasteiger charge is -2.35. The van der Waals surface area contributed by atoms with Crippen LogP contribution in [0, 0.1) is 0 Å². The summed E-state index contributed by atoms with van der Waals surface area (Å²) in [5, 5.41) is 5.16. The highest BCUT2D eigenvalue weighted by Crippen LogP contribution is 2.36. The van der Waals surface area contributed by atoms with Crippen molar-refractivity contribution in [3.05, 3.63) is 77.0 Å². The predicted octanol–water partition coefficient (Wildman–Crippen LogP) is 5.86. The van der Waals surface area contributed by atoms with Crippen molar-refractivity contribution in [3.63, 3.8) is 0 Å². The molecule has 4 rings (SSSR count). The standard InChI is InChI=1S/C24H20Cl4N4OS/c25-19-12-18-7-4-8-20(21(18)29-14-19)31-9-10-32(23(31)34)22(24(26,27)28)30-13-17(15-33)11-16-5-2-1-3-6-16/h1-8,11-12,14-15,22,30H,9-10,13H2/b17-11+. The van der Waals surface area contributed by atoms with Crippen molar-refractivity contribution in [3.8, 4) is 0 Å². The molecule has 34 heavy (non-hydrogen) atoms. The van der Waals surface area contributed by atoms with Crippen molar-refractivity contribution < 1.29 is 4.79 Å². The third-order valence-electron chi connectivity index (χ3n) is 5.41. The first kappa shape index (κ1) is 25.2. The van der Waals surface area contributed by atoms with Crippen LogP contribution in [0.3, 0.4) is 0 Å². The monoisotopic (exact) mass is 552 g/mol. The van der Waals surface area contributed by atoms with Gasteiger partial charge in [0.1, 0.15) is 12.5 Å². The molecular formula is C24H20Cl4N4OS. The van der Waals surface area contributed by atoms with E-state index in [1.54, 1.807) is 12.3 Å². The van der Waals surface area contributed by atoms with Gasteiger partial charge in [0.2, 0.25) is 3.79 Å². The smallest absolute Gasteiger partial charge is 0.223 e. The van der Waals surface area contributed by atoms with Crippen LogP contribution in [0.1, 0.15) is 5.56 Å². The number of alkyl halides is 3. The number of thiocarbonyl (C=S) groups is 1. The summed E-state index contributed by atoms with van der Waals surface area (Å²) in [5.41, 5.74) is 3.05. The summed E-state index contributed by atoms with van der Waals surface area (Å²) in [4.78, 5) is 20.0. The molecule has 1 saturated heterocycles. The fourth-order valence-corrected chi connectivity index (χ4v) is 5.00. The van der Waals surface area contributed by atoms with Crippen LogP contribution in [-0.4, -0.2) is 50.9 Å². The fraction of sp³-hybridized carbons (Fsp3) is 0.208. The van der Waals surface area contributed by atoms with E-state index in [2.05, 4.69) is 10.3 Å². The highest BCUT2D eigenvalue weighted by Gasteiger charge is 2.42. The van der Waals surface area contributed by atoms with Gasteiger partial charge in [0.25, 0.3) is 0 Å². The summed E-state index contributed by atoms with van der Waals surface area (Å²) in [6, 6.07) is 17.2. The summed E-state index contributed by atoms with van der Waals surface area (Å²) in [5.74, 6) is 0. The van der Waals surface area contributed by atoms with Crippen LogP contribution in [0.5, 0.6) is 0 Å². The van der Waals surface area contributed by atoms with Crippen LogP contribution >= 0.6 is 58.6 Å². The summed E-state index contributed by atoms with van der Waals surface area (Å²) < 4.78 is -1.70. The zero-order valence-electron chi connectivity index (χ0n) is 17.8. The Morgan fingerprint density at radius 2 is 1.91 bits per heavy atom. The quantitative estimate of drug-likeness (QED) is 0.171. The normalized spacial score (nSPS) is 15.8. The number of carbonyl (C=O) groups is 1. The van der Waals surface area contributed by atoms with Gasteiger partial charge < -0.3 is 9.80 Å². The zero-order chi connectivity index (χ0) is 24.3. The van der Waals surface area contributed by atoms with Gasteiger partial charge in [0.05, 0.1) is 16.2 Å². The molecule has 10 heteroatoms. The van der Waals surface area contributed by atoms with Gasteiger partial charge in [0, 0.05) is 36.8 Å². The summed E-state index contributed by atoms with van der Waals surface area (Å²) in [6.45, 7) is 1.30. The lowest BCUT2D eigenvalue weighted by molar-refractivity contribution is -0.104. The van der Waals surface area contributed by atoms with E-state index in [1.807, 2.05) is 64.4 Å². The highest BCUT2D eigenvalue weighted by molar-refractivity contribution is 7.80. The van der Waals surface area contributed by atoms with Gasteiger partial charge in [-0.05, 0) is 36.0 Å². The van der Waals surface area contributed by atoms with E-state index in [1.165, 1.54) is 0 Å². The highest BCUT2D eigenvalue weighted by atomic mass is 35.6. The topological polar surface area (TPSA) is 48.5 Å². The molecule has 2 heterocycles. The van der Waals surface area contributed by atoms with Crippen molar-refractivity contribution in [2.24, 2.45) is 0 Å². The maximum atomic E-state index is 11.7. The molecule has 0 amide bonds. The maximum Gasteiger partial charge on any atom is 0.223 e. The van der Waals surface area contributed by atoms with Gasteiger partial charge in [-0.2, -0.15) is 0 Å². The Morgan fingerprint density at radius 1 is 1.15 bits per heavy atom. The largest absolute Gasteiger partial charge is 0.327 e. The minimum atomic E-state index is -1.70. The van der Waals surface area contributed by atoms with E-state index >= 15 is 0 Å². The fourth-order valence-electron chi connectivity index (χ4n) is 3.86. The molecule has 0 spiro atoms. The van der Waals surface area contributed by atoms with E-state index in [9.17, 15) is 4.79 Å². The van der Waals surface area contributed by atoms with Gasteiger partial charge in [-0.3, -0.25) is 15.1 Å². The van der Waals surface area contributed by atoms with E-state index in [0.29, 0.717) is 28.8 Å². The molecule has 1 aliphatic rings. The maximum absolute atomic E-state index is 11.7. The van der Waals surface area contributed by atoms with Gasteiger partial charge >= 0.3 is 0 Å². The number of rotatable bonds is 7. The van der Waals surface area contributed by atoms with Gasteiger partial charge in [0.15, 0.2) is 5.11 Å². The SMILES string of the molecule is O=C/C(=C/c1ccccc1)CNC(N1CCN(c2cccc3cc(Cl)cnc23)C1=S)C(Cl)(Cl)Cl. The molecule has 0 aliphatic carbocycles. The lowest BCUT2D eigenvalue weighted by Crippen LogP contribution is -2.55. The second-order valence-corrected chi connectivity index (χ2v) is 10.9. The number of nitrogens with zero attached hydrogens (tertiary/aromatic N) is 3. The number of nitrogens with one attached hydrogen (secondary N) is 1. The van der Waals surface area contributed by atoms with Crippen molar-refractivity contribution in [1.29, 1.82) is 0 Å². The molecule has 1 N–H and O–H groups in total. The van der Waals surface area contributed by atoms with Gasteiger partial charge in [-0.1, -0.05) is 88.9 Å². The number of aromatic nitrogens is 1. The molecule has 1 atom stereocenters. The average Bonchev–Trinajstić information content (AvgIpc) is 3.18. The van der Waals surface area contributed by atoms with E-state index in [4.69, 9.17) is 58.6 Å². The average molecular weight is 554 g/mol. The number of anilines is 1. The number of halogens is 4. The Balaban J connectivity index is 1.56. The van der Waals surface area contributed by atoms with E-state index in [0.717, 1.165) is 28.4 Å². The van der Waals surface area contributed by atoms with Gasteiger partial charge in [-0.25, -0.2) is 0 Å². The molecule has 3 aromatic rings. The number of aldehydes is 1. The number of hydrogen-bond donors (Lipinski definition) is 1. The summed E-state index contributed by atoms with van der Waals surface area (Å²) >= 11 is 30.9. The lowest BCUT2D eigenvalue weighted by atomic mass is 10.1. The number of carbonyl (C=O) groups excluding carboxylic acids is 1. The predicted molar refractivity (Wildman–Crippen MR) is 146 cm³/mol. The Labute approximate surface area is 223 Å². The van der Waals surface area contributed by atoms with Gasteiger partial charge in [-0.15, -0.1) is 0 Å².